The molecule has 1 aromatic rings. The van der Waals surface area contributed by atoms with Crippen LogP contribution in [0.3, 0.4) is 0 Å². The summed E-state index contributed by atoms with van der Waals surface area (Å²) in [4.78, 5) is 23.4. The van der Waals surface area contributed by atoms with E-state index >= 15 is 0 Å². The van der Waals surface area contributed by atoms with E-state index in [1.807, 2.05) is 0 Å². The van der Waals surface area contributed by atoms with E-state index in [-0.39, 0.29) is 30.3 Å². The molecule has 9 nitrogen and oxygen atoms in total. The standard InChI is InChI=1S/C11H15N5O4/c1-3-19-10(17)6-5-13-16-8(12)7(11(18)20-4-2)14-15-9(6)16/h5,14-15H,3-4,12H2,1-2H3. The Morgan fingerprint density at radius 1 is 1.25 bits per heavy atom. The summed E-state index contributed by atoms with van der Waals surface area (Å²) < 4.78 is 11.0. The van der Waals surface area contributed by atoms with Gasteiger partial charge in [-0.15, -0.1) is 0 Å². The Hall–Kier alpha value is -2.71. The SMILES string of the molecule is CCOC(=O)C1=C(N)n2ncc(C(=O)OCC)c2NN1. The third-order valence-electron chi connectivity index (χ3n) is 2.53. The lowest BCUT2D eigenvalue weighted by Crippen LogP contribution is -2.37. The number of carbonyl (C=O) groups excluding carboxylic acids is 2. The fourth-order valence-electron chi connectivity index (χ4n) is 1.66. The first kappa shape index (κ1) is 13.7. The van der Waals surface area contributed by atoms with Crippen LogP contribution in [0.4, 0.5) is 5.82 Å². The molecule has 0 saturated carbocycles. The summed E-state index contributed by atoms with van der Waals surface area (Å²) in [7, 11) is 0. The van der Waals surface area contributed by atoms with Crippen molar-refractivity contribution >= 4 is 23.6 Å². The molecule has 20 heavy (non-hydrogen) atoms. The van der Waals surface area contributed by atoms with Crippen molar-refractivity contribution in [2.75, 3.05) is 18.6 Å². The molecule has 1 aromatic heterocycles. The summed E-state index contributed by atoms with van der Waals surface area (Å²) in [6.45, 7) is 3.85. The monoisotopic (exact) mass is 281 g/mol. The summed E-state index contributed by atoms with van der Waals surface area (Å²) in [6, 6.07) is 0. The van der Waals surface area contributed by atoms with Gasteiger partial charge < -0.3 is 15.2 Å². The van der Waals surface area contributed by atoms with Crippen molar-refractivity contribution in [1.82, 2.24) is 15.2 Å². The van der Waals surface area contributed by atoms with Crippen molar-refractivity contribution in [3.63, 3.8) is 0 Å². The van der Waals surface area contributed by atoms with Gasteiger partial charge in [0, 0.05) is 0 Å². The van der Waals surface area contributed by atoms with E-state index in [2.05, 4.69) is 16.0 Å². The van der Waals surface area contributed by atoms with Crippen LogP contribution in [0.15, 0.2) is 11.9 Å². The van der Waals surface area contributed by atoms with Gasteiger partial charge in [-0.3, -0.25) is 10.9 Å². The molecular weight excluding hydrogens is 266 g/mol. The number of nitrogens with zero attached hydrogens (tertiary/aromatic N) is 2. The van der Waals surface area contributed by atoms with E-state index in [1.165, 1.54) is 10.9 Å². The molecule has 0 saturated heterocycles. The molecule has 0 atom stereocenters. The second kappa shape index (κ2) is 5.51. The number of hydrogen-bond donors (Lipinski definition) is 3. The number of nitrogens with one attached hydrogen (secondary N) is 2. The zero-order valence-corrected chi connectivity index (χ0v) is 11.1. The first-order valence-corrected chi connectivity index (χ1v) is 6.04. The minimum Gasteiger partial charge on any atom is -0.462 e. The molecule has 1 aliphatic heterocycles. The lowest BCUT2D eigenvalue weighted by Gasteiger charge is -2.21. The molecule has 2 heterocycles. The second-order valence-corrected chi connectivity index (χ2v) is 3.77. The van der Waals surface area contributed by atoms with Gasteiger partial charge in [0.15, 0.2) is 17.3 Å². The zero-order chi connectivity index (χ0) is 14.7. The van der Waals surface area contributed by atoms with Gasteiger partial charge in [0.05, 0.1) is 19.4 Å². The van der Waals surface area contributed by atoms with Gasteiger partial charge in [-0.2, -0.15) is 9.78 Å². The molecule has 0 amide bonds. The predicted octanol–water partition coefficient (Wildman–Crippen LogP) is -0.362. The summed E-state index contributed by atoms with van der Waals surface area (Å²) >= 11 is 0. The molecule has 9 heteroatoms. The Morgan fingerprint density at radius 3 is 2.55 bits per heavy atom. The van der Waals surface area contributed by atoms with Gasteiger partial charge in [0.2, 0.25) is 0 Å². The highest BCUT2D eigenvalue weighted by atomic mass is 16.5. The van der Waals surface area contributed by atoms with E-state index in [1.54, 1.807) is 13.8 Å². The number of rotatable bonds is 4. The van der Waals surface area contributed by atoms with E-state index in [4.69, 9.17) is 15.2 Å². The Morgan fingerprint density at radius 2 is 1.90 bits per heavy atom. The van der Waals surface area contributed by atoms with Crippen molar-refractivity contribution in [3.05, 3.63) is 17.5 Å². The first-order valence-electron chi connectivity index (χ1n) is 6.04. The zero-order valence-electron chi connectivity index (χ0n) is 11.1. The molecule has 2 rings (SSSR count). The number of fused-ring (bicyclic) bond motifs is 1. The molecule has 1 aliphatic rings. The van der Waals surface area contributed by atoms with Crippen molar-refractivity contribution < 1.29 is 19.1 Å². The summed E-state index contributed by atoms with van der Waals surface area (Å²) in [6.07, 6.45) is 1.31. The number of aromatic nitrogens is 2. The van der Waals surface area contributed by atoms with Crippen molar-refractivity contribution in [2.45, 2.75) is 13.8 Å². The molecule has 0 unspecified atom stereocenters. The van der Waals surface area contributed by atoms with Gasteiger partial charge in [0.1, 0.15) is 5.56 Å². The lowest BCUT2D eigenvalue weighted by atomic mass is 10.3. The molecule has 4 N–H and O–H groups in total. The highest BCUT2D eigenvalue weighted by molar-refractivity contribution is 5.98. The maximum absolute atomic E-state index is 11.7. The predicted molar refractivity (Wildman–Crippen MR) is 69.0 cm³/mol. The van der Waals surface area contributed by atoms with Crippen LogP contribution in [0.1, 0.15) is 24.2 Å². The number of hydrazine groups is 1. The van der Waals surface area contributed by atoms with Crippen LogP contribution in [0.2, 0.25) is 0 Å². The Labute approximate surface area is 114 Å². The Bertz CT molecular complexity index is 577. The number of nitrogens with two attached hydrogens (primary N) is 1. The molecule has 0 spiro atoms. The summed E-state index contributed by atoms with van der Waals surface area (Å²) in [5.74, 6) is -0.812. The van der Waals surface area contributed by atoms with Gasteiger partial charge in [-0.25, -0.2) is 9.59 Å². The Kier molecular flexibility index (Phi) is 3.78. The highest BCUT2D eigenvalue weighted by Crippen LogP contribution is 2.22. The topological polar surface area (TPSA) is 121 Å². The van der Waals surface area contributed by atoms with Crippen LogP contribution in [-0.4, -0.2) is 34.9 Å². The number of ether oxygens (including phenoxy) is 2. The van der Waals surface area contributed by atoms with Crippen LogP contribution in [0.5, 0.6) is 0 Å². The smallest absolute Gasteiger partial charge is 0.360 e. The van der Waals surface area contributed by atoms with Crippen LogP contribution < -0.4 is 16.6 Å². The van der Waals surface area contributed by atoms with E-state index in [0.29, 0.717) is 5.82 Å². The molecule has 0 fully saturated rings. The van der Waals surface area contributed by atoms with Crippen LogP contribution in [0.25, 0.3) is 5.82 Å². The fraction of sp³-hybridized carbons (Fsp3) is 0.364. The Balaban J connectivity index is 2.35. The average Bonchev–Trinajstić information content (AvgIpc) is 2.84. The van der Waals surface area contributed by atoms with Gasteiger partial charge in [-0.05, 0) is 13.8 Å². The van der Waals surface area contributed by atoms with Crippen molar-refractivity contribution in [2.24, 2.45) is 5.73 Å². The number of carbonyl (C=O) groups is 2. The van der Waals surface area contributed by atoms with Gasteiger partial charge in [0.25, 0.3) is 0 Å². The number of hydrogen-bond acceptors (Lipinski definition) is 8. The minimum atomic E-state index is -0.615. The number of anilines is 1. The molecule has 0 radical (unpaired) electrons. The van der Waals surface area contributed by atoms with E-state index in [0.717, 1.165) is 0 Å². The van der Waals surface area contributed by atoms with Gasteiger partial charge in [-0.1, -0.05) is 0 Å². The quantitative estimate of drug-likeness (QED) is 0.640. The maximum atomic E-state index is 11.7. The lowest BCUT2D eigenvalue weighted by molar-refractivity contribution is -0.138. The average molecular weight is 281 g/mol. The minimum absolute atomic E-state index is 0.0258. The van der Waals surface area contributed by atoms with Crippen LogP contribution in [0, 0.1) is 0 Å². The third-order valence-corrected chi connectivity index (χ3v) is 2.53. The van der Waals surface area contributed by atoms with E-state index in [9.17, 15) is 9.59 Å². The maximum Gasteiger partial charge on any atom is 0.360 e. The van der Waals surface area contributed by atoms with E-state index < -0.39 is 11.9 Å². The molecular formula is C11H15N5O4. The second-order valence-electron chi connectivity index (χ2n) is 3.77. The first-order chi connectivity index (χ1) is 9.60. The fourth-order valence-corrected chi connectivity index (χ4v) is 1.66. The normalized spacial score (nSPS) is 13.1. The van der Waals surface area contributed by atoms with Crippen molar-refractivity contribution in [3.8, 4) is 0 Å². The molecule has 0 bridgehead atoms. The molecule has 108 valence electrons. The largest absolute Gasteiger partial charge is 0.462 e. The van der Waals surface area contributed by atoms with Gasteiger partial charge >= 0.3 is 11.9 Å². The van der Waals surface area contributed by atoms with Crippen molar-refractivity contribution in [1.29, 1.82) is 0 Å². The highest BCUT2D eigenvalue weighted by Gasteiger charge is 2.27. The summed E-state index contributed by atoms with van der Waals surface area (Å²) in [5, 5.41) is 3.96. The van der Waals surface area contributed by atoms with Crippen LogP contribution in [-0.2, 0) is 14.3 Å². The third kappa shape index (κ3) is 2.25. The van der Waals surface area contributed by atoms with Crippen LogP contribution >= 0.6 is 0 Å². The molecule has 0 aromatic carbocycles. The number of esters is 2. The summed E-state index contributed by atoms with van der Waals surface area (Å²) in [5.41, 5.74) is 11.3. The molecule has 0 aliphatic carbocycles.